The highest BCUT2D eigenvalue weighted by Crippen LogP contribution is 2.38. The summed E-state index contributed by atoms with van der Waals surface area (Å²) in [4.78, 5) is 6.81. The molecule has 2 heterocycles. The Balaban J connectivity index is 1.35. The van der Waals surface area contributed by atoms with Gasteiger partial charge < -0.3 is 9.26 Å². The molecule has 1 unspecified atom stereocenters. The number of hydrogen-bond acceptors (Lipinski definition) is 5. The summed E-state index contributed by atoms with van der Waals surface area (Å²) >= 11 is 0. The van der Waals surface area contributed by atoms with Crippen LogP contribution in [0.4, 0.5) is 0 Å². The van der Waals surface area contributed by atoms with Gasteiger partial charge in [-0.05, 0) is 50.3 Å². The van der Waals surface area contributed by atoms with E-state index in [4.69, 9.17) is 9.26 Å². The van der Waals surface area contributed by atoms with E-state index in [0.29, 0.717) is 11.8 Å². The molecule has 5 nitrogen and oxygen atoms in total. The van der Waals surface area contributed by atoms with Gasteiger partial charge in [0.05, 0.1) is 13.2 Å². The first-order chi connectivity index (χ1) is 11.3. The van der Waals surface area contributed by atoms with E-state index in [1.54, 1.807) is 0 Å². The molecule has 1 aromatic heterocycles. The number of nitrogens with zero attached hydrogens (tertiary/aromatic N) is 3. The fraction of sp³-hybridized carbons (Fsp3) is 0.556. The van der Waals surface area contributed by atoms with E-state index in [-0.39, 0.29) is 0 Å². The maximum absolute atomic E-state index is 5.86. The van der Waals surface area contributed by atoms with Crippen LogP contribution in [0.15, 0.2) is 28.8 Å². The minimum absolute atomic E-state index is 0.525. The first-order valence-electron chi connectivity index (χ1n) is 8.49. The molecule has 0 saturated heterocycles. The molecule has 1 fully saturated rings. The zero-order valence-corrected chi connectivity index (χ0v) is 13.6. The van der Waals surface area contributed by atoms with E-state index in [0.717, 1.165) is 50.0 Å². The lowest BCUT2D eigenvalue weighted by Crippen LogP contribution is -2.27. The Bertz CT molecular complexity index is 666. The number of para-hydroxylation sites is 1. The van der Waals surface area contributed by atoms with Crippen molar-refractivity contribution in [1.82, 2.24) is 15.0 Å². The smallest absolute Gasteiger partial charge is 0.229 e. The molecule has 1 saturated carbocycles. The second-order valence-corrected chi connectivity index (χ2v) is 6.83. The Morgan fingerprint density at radius 2 is 2.09 bits per heavy atom. The molecule has 1 atom stereocenters. The van der Waals surface area contributed by atoms with E-state index in [1.165, 1.54) is 18.4 Å². The average Bonchev–Trinajstić information content (AvgIpc) is 3.32. The highest BCUT2D eigenvalue weighted by atomic mass is 16.5. The highest BCUT2D eigenvalue weighted by Gasteiger charge is 2.29. The molecule has 1 aliphatic heterocycles. The van der Waals surface area contributed by atoms with Crippen molar-refractivity contribution in [3.8, 4) is 5.75 Å². The second-order valence-electron chi connectivity index (χ2n) is 6.83. The minimum atomic E-state index is 0.525. The van der Waals surface area contributed by atoms with Crippen molar-refractivity contribution in [3.05, 3.63) is 41.5 Å². The van der Waals surface area contributed by atoms with Gasteiger partial charge in [0.25, 0.3) is 0 Å². The van der Waals surface area contributed by atoms with Crippen molar-refractivity contribution in [1.29, 1.82) is 0 Å². The lowest BCUT2D eigenvalue weighted by Gasteiger charge is -2.21. The summed E-state index contributed by atoms with van der Waals surface area (Å²) in [7, 11) is 2.13. The molecule has 2 aliphatic rings. The Kier molecular flexibility index (Phi) is 4.04. The van der Waals surface area contributed by atoms with Crippen LogP contribution in [0, 0.1) is 5.92 Å². The quantitative estimate of drug-likeness (QED) is 0.849. The van der Waals surface area contributed by atoms with Crippen LogP contribution in [0.25, 0.3) is 0 Å². The third-order valence-corrected chi connectivity index (χ3v) is 4.66. The number of benzene rings is 1. The van der Waals surface area contributed by atoms with Crippen LogP contribution >= 0.6 is 0 Å². The van der Waals surface area contributed by atoms with Crippen LogP contribution in [0.3, 0.4) is 0 Å². The molecule has 0 N–H and O–H groups in total. The molecule has 122 valence electrons. The maximum Gasteiger partial charge on any atom is 0.229 e. The molecule has 23 heavy (non-hydrogen) atoms. The van der Waals surface area contributed by atoms with E-state index in [1.807, 2.05) is 6.07 Å². The van der Waals surface area contributed by atoms with E-state index < -0.39 is 0 Å². The lowest BCUT2D eigenvalue weighted by molar-refractivity contribution is 0.229. The normalized spacial score (nSPS) is 20.9. The molecule has 0 amide bonds. The summed E-state index contributed by atoms with van der Waals surface area (Å²) in [5.74, 6) is 3.80. The number of ether oxygens (including phenoxy) is 1. The monoisotopic (exact) mass is 313 g/mol. The van der Waals surface area contributed by atoms with Crippen LogP contribution in [-0.4, -0.2) is 35.2 Å². The zero-order valence-electron chi connectivity index (χ0n) is 13.6. The van der Waals surface area contributed by atoms with Gasteiger partial charge in [0.2, 0.25) is 5.89 Å². The molecule has 4 rings (SSSR count). The molecular weight excluding hydrogens is 290 g/mol. The van der Waals surface area contributed by atoms with Crippen LogP contribution in [0.5, 0.6) is 5.75 Å². The maximum atomic E-state index is 5.86. The standard InChI is InChI=1S/C18H23N3O2/c1-21(12-17-19-18(23-20-17)14-6-7-14)11-13-8-9-22-16-5-3-2-4-15(16)10-13/h2-5,13-14H,6-12H2,1H3. The van der Waals surface area contributed by atoms with Crippen molar-refractivity contribution in [2.45, 2.75) is 38.1 Å². The van der Waals surface area contributed by atoms with Crippen LogP contribution < -0.4 is 4.74 Å². The van der Waals surface area contributed by atoms with Gasteiger partial charge in [-0.3, -0.25) is 4.90 Å². The fourth-order valence-corrected chi connectivity index (χ4v) is 3.29. The summed E-state index contributed by atoms with van der Waals surface area (Å²) in [6.45, 7) is 2.56. The highest BCUT2D eigenvalue weighted by molar-refractivity contribution is 5.34. The number of hydrogen-bond donors (Lipinski definition) is 0. The Labute approximate surface area is 136 Å². The fourth-order valence-electron chi connectivity index (χ4n) is 3.29. The molecule has 0 radical (unpaired) electrons. The largest absolute Gasteiger partial charge is 0.493 e. The SMILES string of the molecule is CN(Cc1noc(C2CC2)n1)CC1CCOc2ccccc2C1. The molecular formula is C18H23N3O2. The van der Waals surface area contributed by atoms with Gasteiger partial charge in [-0.1, -0.05) is 23.4 Å². The van der Waals surface area contributed by atoms with Crippen LogP contribution in [0.1, 0.15) is 42.5 Å². The van der Waals surface area contributed by atoms with Crippen molar-refractivity contribution < 1.29 is 9.26 Å². The first-order valence-corrected chi connectivity index (χ1v) is 8.49. The first kappa shape index (κ1) is 14.7. The summed E-state index contributed by atoms with van der Waals surface area (Å²) in [6.07, 6.45) is 4.54. The predicted molar refractivity (Wildman–Crippen MR) is 86.4 cm³/mol. The minimum Gasteiger partial charge on any atom is -0.493 e. The van der Waals surface area contributed by atoms with Gasteiger partial charge >= 0.3 is 0 Å². The third-order valence-electron chi connectivity index (χ3n) is 4.66. The van der Waals surface area contributed by atoms with Crippen LogP contribution in [0.2, 0.25) is 0 Å². The average molecular weight is 313 g/mol. The third kappa shape index (κ3) is 3.55. The zero-order chi connectivity index (χ0) is 15.6. The van der Waals surface area contributed by atoms with Gasteiger partial charge in [0.1, 0.15) is 5.75 Å². The van der Waals surface area contributed by atoms with E-state index >= 15 is 0 Å². The van der Waals surface area contributed by atoms with Crippen molar-refractivity contribution in [2.75, 3.05) is 20.2 Å². The van der Waals surface area contributed by atoms with Crippen molar-refractivity contribution in [2.24, 2.45) is 5.92 Å². The number of rotatable bonds is 5. The predicted octanol–water partition coefficient (Wildman–Crippen LogP) is 3.02. The summed E-state index contributed by atoms with van der Waals surface area (Å²) in [5.41, 5.74) is 1.32. The lowest BCUT2D eigenvalue weighted by atomic mass is 9.96. The van der Waals surface area contributed by atoms with Crippen LogP contribution in [-0.2, 0) is 13.0 Å². The Morgan fingerprint density at radius 1 is 1.22 bits per heavy atom. The van der Waals surface area contributed by atoms with E-state index in [2.05, 4.69) is 40.3 Å². The molecule has 1 aliphatic carbocycles. The molecule has 2 aromatic rings. The van der Waals surface area contributed by atoms with Crippen molar-refractivity contribution >= 4 is 0 Å². The van der Waals surface area contributed by atoms with Gasteiger partial charge in [-0.25, -0.2) is 0 Å². The molecule has 0 bridgehead atoms. The Hall–Kier alpha value is -1.88. The van der Waals surface area contributed by atoms with Gasteiger partial charge in [-0.2, -0.15) is 4.98 Å². The summed E-state index contributed by atoms with van der Waals surface area (Å²) in [5, 5.41) is 4.11. The Morgan fingerprint density at radius 3 is 2.96 bits per heavy atom. The molecule has 0 spiro atoms. The molecule has 1 aromatic carbocycles. The molecule has 5 heteroatoms. The topological polar surface area (TPSA) is 51.4 Å². The van der Waals surface area contributed by atoms with Crippen molar-refractivity contribution in [3.63, 3.8) is 0 Å². The summed E-state index contributed by atoms with van der Waals surface area (Å²) in [6, 6.07) is 8.38. The second kappa shape index (κ2) is 6.32. The number of fused-ring (bicyclic) bond motifs is 1. The van der Waals surface area contributed by atoms with Gasteiger partial charge in [-0.15, -0.1) is 0 Å². The summed E-state index contributed by atoms with van der Waals surface area (Å²) < 4.78 is 11.2. The van der Waals surface area contributed by atoms with Gasteiger partial charge in [0, 0.05) is 12.5 Å². The number of aromatic nitrogens is 2. The van der Waals surface area contributed by atoms with Gasteiger partial charge in [0.15, 0.2) is 5.82 Å². The van der Waals surface area contributed by atoms with E-state index in [9.17, 15) is 0 Å².